The highest BCUT2D eigenvalue weighted by Gasteiger charge is 2.27. The number of rotatable bonds is 4. The number of pyridine rings is 1. The maximum absolute atomic E-state index is 12.3. The molecule has 1 aromatic carbocycles. The molecule has 22 heavy (non-hydrogen) atoms. The average molecular weight is 300 g/mol. The number of fused-ring (bicyclic) bond motifs is 1. The van der Waals surface area contributed by atoms with Crippen molar-refractivity contribution >= 4 is 22.8 Å². The van der Waals surface area contributed by atoms with Gasteiger partial charge in [0.15, 0.2) is 6.10 Å². The number of esters is 1. The third-order valence-corrected chi connectivity index (χ3v) is 3.55. The maximum Gasteiger partial charge on any atom is 0.339 e. The van der Waals surface area contributed by atoms with Gasteiger partial charge in [0, 0.05) is 23.0 Å². The van der Waals surface area contributed by atoms with Crippen molar-refractivity contribution in [3.8, 4) is 0 Å². The molecule has 114 valence electrons. The molecule has 1 aliphatic rings. The van der Waals surface area contributed by atoms with Crippen LogP contribution in [0.1, 0.15) is 30.1 Å². The van der Waals surface area contributed by atoms with Crippen LogP contribution in [0.4, 0.5) is 0 Å². The fourth-order valence-electron chi connectivity index (χ4n) is 2.20. The Morgan fingerprint density at radius 2 is 2.05 bits per heavy atom. The maximum atomic E-state index is 12.3. The molecule has 1 atom stereocenters. The zero-order chi connectivity index (χ0) is 15.7. The third-order valence-electron chi connectivity index (χ3n) is 3.55. The van der Waals surface area contributed by atoms with Gasteiger partial charge in [0.05, 0.1) is 5.56 Å². The topological polar surface area (TPSA) is 88.3 Å². The Labute approximate surface area is 126 Å². The monoisotopic (exact) mass is 300 g/mol. The standard InChI is InChI=1S/C16H16N2O4/c1-9(15(20)17-10-6-7-10)22-16(21)12-8-14(19)18-13-5-3-2-4-11(12)13/h2-5,8-10H,6-7H2,1H3,(H,17,20)(H,18,19)/t9-/m0/s1. The van der Waals surface area contributed by atoms with E-state index in [1.54, 1.807) is 24.3 Å². The summed E-state index contributed by atoms with van der Waals surface area (Å²) in [5, 5.41) is 3.36. The van der Waals surface area contributed by atoms with Crippen LogP contribution in [-0.2, 0) is 9.53 Å². The summed E-state index contributed by atoms with van der Waals surface area (Å²) in [6, 6.07) is 8.35. The Bertz CT molecular complexity index is 792. The molecule has 0 aliphatic heterocycles. The molecule has 0 radical (unpaired) electrons. The van der Waals surface area contributed by atoms with E-state index in [0.29, 0.717) is 10.9 Å². The van der Waals surface area contributed by atoms with Crippen molar-refractivity contribution in [2.45, 2.75) is 31.9 Å². The van der Waals surface area contributed by atoms with Gasteiger partial charge in [-0.1, -0.05) is 18.2 Å². The second-order valence-electron chi connectivity index (χ2n) is 5.42. The predicted molar refractivity (Wildman–Crippen MR) is 80.6 cm³/mol. The lowest BCUT2D eigenvalue weighted by Crippen LogP contribution is -2.37. The fraction of sp³-hybridized carbons (Fsp3) is 0.312. The van der Waals surface area contributed by atoms with E-state index < -0.39 is 12.1 Å². The lowest BCUT2D eigenvalue weighted by Gasteiger charge is -2.13. The average Bonchev–Trinajstić information content (AvgIpc) is 3.30. The molecule has 1 fully saturated rings. The Balaban J connectivity index is 1.82. The molecule has 6 nitrogen and oxygen atoms in total. The minimum absolute atomic E-state index is 0.158. The number of carbonyl (C=O) groups is 2. The summed E-state index contributed by atoms with van der Waals surface area (Å²) in [6.45, 7) is 1.52. The van der Waals surface area contributed by atoms with E-state index in [1.807, 2.05) is 0 Å². The van der Waals surface area contributed by atoms with E-state index in [0.717, 1.165) is 12.8 Å². The quantitative estimate of drug-likeness (QED) is 0.834. The molecule has 0 spiro atoms. The van der Waals surface area contributed by atoms with Crippen LogP contribution in [0.2, 0.25) is 0 Å². The molecule has 2 aromatic rings. The van der Waals surface area contributed by atoms with Crippen LogP contribution in [0.3, 0.4) is 0 Å². The van der Waals surface area contributed by atoms with Gasteiger partial charge in [-0.25, -0.2) is 4.79 Å². The van der Waals surface area contributed by atoms with E-state index in [-0.39, 0.29) is 23.1 Å². The molecule has 0 unspecified atom stereocenters. The minimum Gasteiger partial charge on any atom is -0.449 e. The van der Waals surface area contributed by atoms with Gasteiger partial charge < -0.3 is 15.0 Å². The van der Waals surface area contributed by atoms with Crippen molar-refractivity contribution in [3.05, 3.63) is 46.2 Å². The zero-order valence-corrected chi connectivity index (χ0v) is 12.1. The van der Waals surface area contributed by atoms with Crippen LogP contribution in [0.25, 0.3) is 10.9 Å². The summed E-state index contributed by atoms with van der Waals surface area (Å²) in [5.74, 6) is -0.995. The van der Waals surface area contributed by atoms with Crippen molar-refractivity contribution in [1.82, 2.24) is 10.3 Å². The normalized spacial score (nSPS) is 15.3. The summed E-state index contributed by atoms with van der Waals surface area (Å²) >= 11 is 0. The van der Waals surface area contributed by atoms with E-state index in [1.165, 1.54) is 13.0 Å². The summed E-state index contributed by atoms with van der Waals surface area (Å²) in [5.41, 5.74) is 0.322. The lowest BCUT2D eigenvalue weighted by molar-refractivity contribution is -0.129. The Morgan fingerprint density at radius 3 is 2.77 bits per heavy atom. The molecule has 1 aromatic heterocycles. The molecule has 0 saturated heterocycles. The van der Waals surface area contributed by atoms with E-state index in [9.17, 15) is 14.4 Å². The van der Waals surface area contributed by atoms with Crippen molar-refractivity contribution < 1.29 is 14.3 Å². The smallest absolute Gasteiger partial charge is 0.339 e. The first-order valence-electron chi connectivity index (χ1n) is 7.18. The highest BCUT2D eigenvalue weighted by molar-refractivity contribution is 6.03. The number of H-pyrrole nitrogens is 1. The van der Waals surface area contributed by atoms with Gasteiger partial charge in [-0.3, -0.25) is 9.59 Å². The second kappa shape index (κ2) is 5.63. The predicted octanol–water partition coefficient (Wildman–Crippen LogP) is 1.35. The first-order chi connectivity index (χ1) is 10.5. The number of aromatic nitrogens is 1. The van der Waals surface area contributed by atoms with E-state index in [2.05, 4.69) is 10.3 Å². The highest BCUT2D eigenvalue weighted by Crippen LogP contribution is 2.19. The summed E-state index contributed by atoms with van der Waals surface area (Å²) < 4.78 is 5.19. The van der Waals surface area contributed by atoms with Crippen molar-refractivity contribution in [2.75, 3.05) is 0 Å². The molecule has 3 rings (SSSR count). The summed E-state index contributed by atoms with van der Waals surface area (Å²) in [6.07, 6.45) is 1.03. The van der Waals surface area contributed by atoms with Gasteiger partial charge in [-0.2, -0.15) is 0 Å². The molecular weight excluding hydrogens is 284 g/mol. The highest BCUT2D eigenvalue weighted by atomic mass is 16.5. The van der Waals surface area contributed by atoms with E-state index >= 15 is 0 Å². The first kappa shape index (κ1) is 14.3. The van der Waals surface area contributed by atoms with Crippen molar-refractivity contribution in [1.29, 1.82) is 0 Å². The van der Waals surface area contributed by atoms with Crippen LogP contribution in [0, 0.1) is 0 Å². The molecule has 2 N–H and O–H groups in total. The molecular formula is C16H16N2O4. The SMILES string of the molecule is C[C@H](OC(=O)c1cc(=O)[nH]c2ccccc12)C(=O)NC1CC1. The third kappa shape index (κ3) is 3.00. The number of aromatic amines is 1. The van der Waals surface area contributed by atoms with Crippen LogP contribution >= 0.6 is 0 Å². The summed E-state index contributed by atoms with van der Waals surface area (Å²) in [7, 11) is 0. The van der Waals surface area contributed by atoms with Crippen LogP contribution in [-0.4, -0.2) is 29.0 Å². The number of benzene rings is 1. The first-order valence-corrected chi connectivity index (χ1v) is 7.18. The largest absolute Gasteiger partial charge is 0.449 e. The number of ether oxygens (including phenoxy) is 1. The molecule has 1 heterocycles. The van der Waals surface area contributed by atoms with Crippen LogP contribution in [0.5, 0.6) is 0 Å². The van der Waals surface area contributed by atoms with Crippen LogP contribution < -0.4 is 10.9 Å². The van der Waals surface area contributed by atoms with Crippen molar-refractivity contribution in [3.63, 3.8) is 0 Å². The van der Waals surface area contributed by atoms with Gasteiger partial charge in [-0.15, -0.1) is 0 Å². The summed E-state index contributed by atoms with van der Waals surface area (Å²) in [4.78, 5) is 38.4. The van der Waals surface area contributed by atoms with E-state index in [4.69, 9.17) is 4.74 Å². The number of para-hydroxylation sites is 1. The molecule has 1 amide bonds. The zero-order valence-electron chi connectivity index (χ0n) is 12.1. The van der Waals surface area contributed by atoms with Crippen LogP contribution in [0.15, 0.2) is 35.1 Å². The Morgan fingerprint density at radius 1 is 1.32 bits per heavy atom. The fourth-order valence-corrected chi connectivity index (χ4v) is 2.20. The van der Waals surface area contributed by atoms with Crippen molar-refractivity contribution in [2.24, 2.45) is 0 Å². The number of carbonyl (C=O) groups excluding carboxylic acids is 2. The van der Waals surface area contributed by atoms with Gasteiger partial charge in [-0.05, 0) is 25.8 Å². The van der Waals surface area contributed by atoms with Gasteiger partial charge in [0.2, 0.25) is 5.56 Å². The van der Waals surface area contributed by atoms with Gasteiger partial charge >= 0.3 is 5.97 Å². The number of hydrogen-bond acceptors (Lipinski definition) is 4. The second-order valence-corrected chi connectivity index (χ2v) is 5.42. The molecule has 0 bridgehead atoms. The lowest BCUT2D eigenvalue weighted by atomic mass is 10.1. The number of amides is 1. The van der Waals surface area contributed by atoms with Gasteiger partial charge in [0.25, 0.3) is 5.91 Å². The number of nitrogens with one attached hydrogen (secondary N) is 2. The molecule has 1 aliphatic carbocycles. The molecule has 1 saturated carbocycles. The number of hydrogen-bond donors (Lipinski definition) is 2. The Kier molecular flexibility index (Phi) is 3.66. The molecule has 6 heteroatoms. The minimum atomic E-state index is -0.897. The van der Waals surface area contributed by atoms with Gasteiger partial charge in [0.1, 0.15) is 0 Å². The Hall–Kier alpha value is -2.63.